The lowest BCUT2D eigenvalue weighted by atomic mass is 10.1. The normalized spacial score (nSPS) is 10.5. The fourth-order valence-electron chi connectivity index (χ4n) is 2.34. The third-order valence-corrected chi connectivity index (χ3v) is 3.19. The highest BCUT2D eigenvalue weighted by molar-refractivity contribution is 6.33. The second-order valence-corrected chi connectivity index (χ2v) is 4.56. The van der Waals surface area contributed by atoms with Crippen LogP contribution in [-0.2, 0) is 16.0 Å². The summed E-state index contributed by atoms with van der Waals surface area (Å²) in [6, 6.07) is 11.5. The second-order valence-electron chi connectivity index (χ2n) is 4.56. The number of ether oxygens (including phenoxy) is 1. The highest BCUT2D eigenvalue weighted by atomic mass is 16.5. The first-order chi connectivity index (χ1) is 9.69. The van der Waals surface area contributed by atoms with Crippen LogP contribution < -0.4 is 0 Å². The molecule has 0 spiro atoms. The van der Waals surface area contributed by atoms with Gasteiger partial charge in [0.25, 0.3) is 0 Å². The summed E-state index contributed by atoms with van der Waals surface area (Å²) in [4.78, 5) is 22.9. The topological polar surface area (TPSA) is 48.3 Å². The Morgan fingerprint density at radius 3 is 2.60 bits per heavy atom. The van der Waals surface area contributed by atoms with E-state index in [0.717, 1.165) is 16.9 Å². The van der Waals surface area contributed by atoms with Crippen LogP contribution in [0.5, 0.6) is 0 Å². The average molecular weight is 271 g/mol. The second kappa shape index (κ2) is 6.30. The number of aldehydes is 1. The lowest BCUT2D eigenvalue weighted by Crippen LogP contribution is -2.12. The van der Waals surface area contributed by atoms with Crippen LogP contribution in [0.4, 0.5) is 0 Å². The van der Waals surface area contributed by atoms with Gasteiger partial charge in [0.2, 0.25) is 5.78 Å². The fraction of sp³-hybridized carbons (Fsp3) is 0.250. The van der Waals surface area contributed by atoms with E-state index in [1.807, 2.05) is 47.9 Å². The van der Waals surface area contributed by atoms with Crippen LogP contribution in [0.3, 0.4) is 0 Å². The molecular formula is C16H17NO3. The van der Waals surface area contributed by atoms with E-state index in [-0.39, 0.29) is 0 Å². The number of benzene rings is 1. The highest BCUT2D eigenvalue weighted by Crippen LogP contribution is 2.22. The Bertz CT molecular complexity index is 614. The lowest BCUT2D eigenvalue weighted by Gasteiger charge is -2.10. The molecule has 0 aliphatic heterocycles. The number of hydrogen-bond donors (Lipinski definition) is 0. The molecule has 0 unspecified atom stereocenters. The Hall–Kier alpha value is -2.20. The van der Waals surface area contributed by atoms with Gasteiger partial charge in [-0.1, -0.05) is 18.2 Å². The average Bonchev–Trinajstić information content (AvgIpc) is 2.81. The summed E-state index contributed by atoms with van der Waals surface area (Å²) >= 11 is 0. The first kappa shape index (κ1) is 14.2. The molecule has 1 aromatic carbocycles. The van der Waals surface area contributed by atoms with Crippen LogP contribution in [0.1, 0.15) is 21.7 Å². The number of ketones is 1. The van der Waals surface area contributed by atoms with Crippen molar-refractivity contribution < 1.29 is 14.3 Å². The van der Waals surface area contributed by atoms with Crippen LogP contribution in [0.25, 0.3) is 5.69 Å². The maximum absolute atomic E-state index is 12.0. The van der Waals surface area contributed by atoms with Gasteiger partial charge in [-0.05, 0) is 37.1 Å². The van der Waals surface area contributed by atoms with Crippen LogP contribution in [0, 0.1) is 6.92 Å². The van der Waals surface area contributed by atoms with E-state index in [1.54, 1.807) is 7.11 Å². The van der Waals surface area contributed by atoms with Gasteiger partial charge in [0.15, 0.2) is 6.29 Å². The van der Waals surface area contributed by atoms with Crippen LogP contribution >= 0.6 is 0 Å². The van der Waals surface area contributed by atoms with E-state index in [0.29, 0.717) is 25.0 Å². The zero-order chi connectivity index (χ0) is 14.5. The molecule has 2 aromatic rings. The summed E-state index contributed by atoms with van der Waals surface area (Å²) in [5.41, 5.74) is 3.07. The third kappa shape index (κ3) is 2.70. The summed E-state index contributed by atoms with van der Waals surface area (Å²) in [5.74, 6) is -0.506. The van der Waals surface area contributed by atoms with Gasteiger partial charge in [0.1, 0.15) is 5.69 Å². The Morgan fingerprint density at radius 2 is 2.00 bits per heavy atom. The van der Waals surface area contributed by atoms with Crippen molar-refractivity contribution in [1.82, 2.24) is 4.57 Å². The number of rotatable bonds is 6. The van der Waals surface area contributed by atoms with Crippen molar-refractivity contribution in [3.8, 4) is 5.69 Å². The summed E-state index contributed by atoms with van der Waals surface area (Å²) in [7, 11) is 1.61. The van der Waals surface area contributed by atoms with Crippen molar-refractivity contribution in [1.29, 1.82) is 0 Å². The number of methoxy groups -OCH3 is 1. The van der Waals surface area contributed by atoms with Crippen LogP contribution in [0.2, 0.25) is 0 Å². The first-order valence-corrected chi connectivity index (χ1v) is 6.44. The predicted octanol–water partition coefficient (Wildman–Crippen LogP) is 2.36. The maximum Gasteiger partial charge on any atom is 0.242 e. The SMILES string of the molecule is COCCc1cc(C)n(-c2ccccc2)c1C(=O)C=O. The summed E-state index contributed by atoms with van der Waals surface area (Å²) in [6.07, 6.45) is 0.969. The van der Waals surface area contributed by atoms with E-state index >= 15 is 0 Å². The molecule has 0 atom stereocenters. The number of aromatic nitrogens is 1. The number of carbonyl (C=O) groups is 2. The Morgan fingerprint density at radius 1 is 1.30 bits per heavy atom. The summed E-state index contributed by atoms with van der Waals surface area (Å²) in [5, 5.41) is 0. The molecule has 0 bridgehead atoms. The molecule has 0 aliphatic carbocycles. The van der Waals surface area contributed by atoms with Gasteiger partial charge < -0.3 is 9.30 Å². The molecule has 0 saturated carbocycles. The van der Waals surface area contributed by atoms with Gasteiger partial charge >= 0.3 is 0 Å². The van der Waals surface area contributed by atoms with Crippen molar-refractivity contribution in [2.24, 2.45) is 0 Å². The minimum Gasteiger partial charge on any atom is -0.384 e. The molecule has 1 heterocycles. The van der Waals surface area contributed by atoms with Gasteiger partial charge in [-0.25, -0.2) is 0 Å². The van der Waals surface area contributed by atoms with Gasteiger partial charge in [-0.15, -0.1) is 0 Å². The summed E-state index contributed by atoms with van der Waals surface area (Å²) in [6.45, 7) is 2.43. The fourth-order valence-corrected chi connectivity index (χ4v) is 2.34. The molecule has 4 heteroatoms. The highest BCUT2D eigenvalue weighted by Gasteiger charge is 2.19. The van der Waals surface area contributed by atoms with Crippen molar-refractivity contribution in [2.45, 2.75) is 13.3 Å². The van der Waals surface area contributed by atoms with E-state index in [1.165, 1.54) is 0 Å². The largest absolute Gasteiger partial charge is 0.384 e. The van der Waals surface area contributed by atoms with Crippen molar-refractivity contribution in [3.05, 3.63) is 53.3 Å². The third-order valence-electron chi connectivity index (χ3n) is 3.19. The molecule has 0 fully saturated rings. The van der Waals surface area contributed by atoms with Gasteiger partial charge in [-0.2, -0.15) is 0 Å². The Kier molecular flexibility index (Phi) is 4.48. The van der Waals surface area contributed by atoms with Crippen molar-refractivity contribution in [2.75, 3.05) is 13.7 Å². The molecule has 0 amide bonds. The molecule has 0 radical (unpaired) electrons. The lowest BCUT2D eigenvalue weighted by molar-refractivity contribution is -0.104. The zero-order valence-electron chi connectivity index (χ0n) is 11.6. The molecule has 0 aliphatic rings. The molecular weight excluding hydrogens is 254 g/mol. The number of Topliss-reactive ketones (excluding diaryl/α,β-unsaturated/α-hetero) is 1. The molecule has 0 N–H and O–H groups in total. The van der Waals surface area contributed by atoms with E-state index in [4.69, 9.17) is 4.74 Å². The Labute approximate surface area is 118 Å². The molecule has 20 heavy (non-hydrogen) atoms. The monoisotopic (exact) mass is 271 g/mol. The van der Waals surface area contributed by atoms with Crippen molar-refractivity contribution in [3.63, 3.8) is 0 Å². The smallest absolute Gasteiger partial charge is 0.242 e. The first-order valence-electron chi connectivity index (χ1n) is 6.44. The molecule has 4 nitrogen and oxygen atoms in total. The number of hydrogen-bond acceptors (Lipinski definition) is 3. The molecule has 2 rings (SSSR count). The summed E-state index contributed by atoms with van der Waals surface area (Å²) < 4.78 is 6.88. The number of nitrogens with zero attached hydrogens (tertiary/aromatic N) is 1. The Balaban J connectivity index is 2.58. The molecule has 1 aromatic heterocycles. The minimum atomic E-state index is -0.506. The maximum atomic E-state index is 12.0. The van der Waals surface area contributed by atoms with Crippen molar-refractivity contribution >= 4 is 12.1 Å². The minimum absolute atomic E-state index is 0.366. The number of para-hydroxylation sites is 1. The van der Waals surface area contributed by atoms with E-state index in [2.05, 4.69) is 0 Å². The van der Waals surface area contributed by atoms with Gasteiger partial charge in [0, 0.05) is 18.5 Å². The van der Waals surface area contributed by atoms with Crippen LogP contribution in [-0.4, -0.2) is 30.4 Å². The van der Waals surface area contributed by atoms with E-state index < -0.39 is 5.78 Å². The van der Waals surface area contributed by atoms with Gasteiger partial charge in [0.05, 0.1) is 6.61 Å². The van der Waals surface area contributed by atoms with Gasteiger partial charge in [-0.3, -0.25) is 9.59 Å². The van der Waals surface area contributed by atoms with E-state index in [9.17, 15) is 9.59 Å². The number of carbonyl (C=O) groups excluding carboxylic acids is 2. The van der Waals surface area contributed by atoms with Crippen LogP contribution in [0.15, 0.2) is 36.4 Å². The zero-order valence-corrected chi connectivity index (χ0v) is 11.6. The predicted molar refractivity (Wildman–Crippen MR) is 76.5 cm³/mol. The molecule has 104 valence electrons. The standard InChI is InChI=1S/C16H17NO3/c1-12-10-13(8-9-20-2)16(15(19)11-18)17(12)14-6-4-3-5-7-14/h3-7,10-11H,8-9H2,1-2H3. The number of aryl methyl sites for hydroxylation is 1. The quantitative estimate of drug-likeness (QED) is 0.460. The molecule has 0 saturated heterocycles.